The Balaban J connectivity index is 2.36. The van der Waals surface area contributed by atoms with E-state index in [9.17, 15) is 0 Å². The third-order valence-electron chi connectivity index (χ3n) is 1.52. The van der Waals surface area contributed by atoms with Crippen LogP contribution in [0.5, 0.6) is 0 Å². The second-order valence-electron chi connectivity index (χ2n) is 2.35. The van der Waals surface area contributed by atoms with E-state index in [0.717, 1.165) is 5.56 Å². The summed E-state index contributed by atoms with van der Waals surface area (Å²) >= 11 is 1.28. The zero-order valence-corrected chi connectivity index (χ0v) is 7.58. The van der Waals surface area contributed by atoms with Gasteiger partial charge in [-0.2, -0.15) is 5.10 Å². The van der Waals surface area contributed by atoms with Gasteiger partial charge < -0.3 is 0 Å². The van der Waals surface area contributed by atoms with Crippen LogP contribution in [0.2, 0.25) is 0 Å². The largest absolute Gasteiger partial charge is 0.264 e. The molecular formula is C8H7N4S. The molecule has 0 saturated carbocycles. The molecular weight excluding hydrogens is 184 g/mol. The Labute approximate surface area is 79.8 Å². The van der Waals surface area contributed by atoms with Crippen molar-refractivity contribution in [3.63, 3.8) is 0 Å². The van der Waals surface area contributed by atoms with Gasteiger partial charge in [-0.25, -0.2) is 4.98 Å². The summed E-state index contributed by atoms with van der Waals surface area (Å²) in [5, 5.41) is 7.49. The lowest BCUT2D eigenvalue weighted by atomic mass is 10.3. The number of hydrogen-bond acceptors (Lipinski definition) is 4. The van der Waals surface area contributed by atoms with E-state index in [2.05, 4.69) is 26.4 Å². The molecule has 0 aliphatic heterocycles. The first-order valence-electron chi connectivity index (χ1n) is 3.65. The number of aromatic nitrogens is 4. The van der Waals surface area contributed by atoms with Gasteiger partial charge in [0.2, 0.25) is 0 Å². The summed E-state index contributed by atoms with van der Waals surface area (Å²) in [6.45, 7) is 0. The van der Waals surface area contributed by atoms with Crippen LogP contribution in [-0.2, 0) is 0 Å². The van der Waals surface area contributed by atoms with Gasteiger partial charge in [-0.1, -0.05) is 11.8 Å². The van der Waals surface area contributed by atoms with Gasteiger partial charge in [0.25, 0.3) is 0 Å². The van der Waals surface area contributed by atoms with Gasteiger partial charge >= 0.3 is 0 Å². The van der Waals surface area contributed by atoms with Crippen LogP contribution in [0.25, 0.3) is 11.4 Å². The van der Waals surface area contributed by atoms with Crippen molar-refractivity contribution in [1.82, 2.24) is 20.2 Å². The van der Waals surface area contributed by atoms with Crippen LogP contribution in [0.1, 0.15) is 0 Å². The molecule has 4 nitrogen and oxygen atoms in total. The molecule has 0 saturated heterocycles. The molecule has 0 unspecified atom stereocenters. The van der Waals surface area contributed by atoms with E-state index < -0.39 is 0 Å². The number of rotatable bonds is 2. The predicted molar refractivity (Wildman–Crippen MR) is 50.8 cm³/mol. The first-order valence-corrected chi connectivity index (χ1v) is 4.63. The lowest BCUT2D eigenvalue weighted by Crippen LogP contribution is -1.80. The van der Waals surface area contributed by atoms with E-state index in [1.165, 1.54) is 11.8 Å². The van der Waals surface area contributed by atoms with E-state index >= 15 is 0 Å². The van der Waals surface area contributed by atoms with Gasteiger partial charge in [0.05, 0.1) is 0 Å². The molecule has 65 valence electrons. The van der Waals surface area contributed by atoms with Crippen molar-refractivity contribution in [3.05, 3.63) is 30.8 Å². The highest BCUT2D eigenvalue weighted by molar-refractivity contribution is 8.00. The normalized spacial score (nSPS) is 10.2. The van der Waals surface area contributed by atoms with Crippen LogP contribution in [0.3, 0.4) is 0 Å². The average Bonchev–Trinajstić information content (AvgIpc) is 2.67. The Morgan fingerprint density at radius 3 is 3.00 bits per heavy atom. The van der Waals surface area contributed by atoms with Crippen molar-refractivity contribution in [2.75, 3.05) is 0 Å². The van der Waals surface area contributed by atoms with Crippen LogP contribution < -0.4 is 0 Å². The summed E-state index contributed by atoms with van der Waals surface area (Å²) in [5.74, 6) is 0.652. The number of nitrogens with one attached hydrogen (secondary N) is 1. The van der Waals surface area contributed by atoms with Gasteiger partial charge in [0.15, 0.2) is 11.0 Å². The fraction of sp³-hybridized carbons (Fsp3) is 0. The number of hydrogen-bond donors (Lipinski definition) is 1. The van der Waals surface area contributed by atoms with Gasteiger partial charge in [-0.15, -0.1) is 0 Å². The van der Waals surface area contributed by atoms with Gasteiger partial charge in [-0.05, 0) is 12.1 Å². The van der Waals surface area contributed by atoms with Gasteiger partial charge in [0, 0.05) is 24.2 Å². The number of thioether (sulfide) groups is 1. The molecule has 2 heterocycles. The van der Waals surface area contributed by atoms with Crippen molar-refractivity contribution < 1.29 is 0 Å². The van der Waals surface area contributed by atoms with Crippen molar-refractivity contribution in [3.8, 4) is 11.4 Å². The van der Waals surface area contributed by atoms with Crippen molar-refractivity contribution in [2.24, 2.45) is 0 Å². The molecule has 5 heteroatoms. The van der Waals surface area contributed by atoms with Crippen LogP contribution >= 0.6 is 11.8 Å². The van der Waals surface area contributed by atoms with Gasteiger partial charge in [-0.3, -0.25) is 10.1 Å². The van der Waals surface area contributed by atoms with E-state index in [-0.39, 0.29) is 0 Å². The summed E-state index contributed by atoms with van der Waals surface area (Å²) in [5.41, 5.74) is 0.902. The van der Waals surface area contributed by atoms with E-state index in [0.29, 0.717) is 11.0 Å². The number of aromatic amines is 1. The third-order valence-corrected chi connectivity index (χ3v) is 1.98. The maximum Gasteiger partial charge on any atom is 0.184 e. The van der Waals surface area contributed by atoms with E-state index in [4.69, 9.17) is 0 Å². The standard InChI is InChI=1S/C8H7N4S/c1-13-8-10-7(11-12-8)6-3-2-4-9-5-6/h2-5H,1H2,(H,10,11,12). The summed E-state index contributed by atoms with van der Waals surface area (Å²) < 4.78 is 0. The summed E-state index contributed by atoms with van der Waals surface area (Å²) in [6, 6.07) is 3.76. The second-order valence-corrected chi connectivity index (χ2v) is 3.03. The molecule has 1 N–H and O–H groups in total. The zero-order chi connectivity index (χ0) is 9.10. The molecule has 13 heavy (non-hydrogen) atoms. The first kappa shape index (κ1) is 8.25. The summed E-state index contributed by atoms with van der Waals surface area (Å²) in [6.07, 6.45) is 7.07. The zero-order valence-electron chi connectivity index (χ0n) is 6.77. The van der Waals surface area contributed by atoms with Crippen LogP contribution in [-0.4, -0.2) is 20.2 Å². The lowest BCUT2D eigenvalue weighted by Gasteiger charge is -1.90. The maximum absolute atomic E-state index is 4.19. The van der Waals surface area contributed by atoms with Crippen molar-refractivity contribution >= 4 is 11.8 Å². The Morgan fingerprint density at radius 1 is 1.46 bits per heavy atom. The molecule has 2 rings (SSSR count). The average molecular weight is 191 g/mol. The quantitative estimate of drug-likeness (QED) is 0.735. The molecule has 2 aromatic rings. The number of nitrogens with zero attached hydrogens (tertiary/aromatic N) is 3. The highest BCUT2D eigenvalue weighted by atomic mass is 32.2. The highest BCUT2D eigenvalue weighted by Gasteiger charge is 2.03. The fourth-order valence-electron chi connectivity index (χ4n) is 0.936. The minimum atomic E-state index is 0.652. The molecule has 0 aromatic carbocycles. The molecule has 1 radical (unpaired) electrons. The lowest BCUT2D eigenvalue weighted by molar-refractivity contribution is 0.977. The molecule has 0 bridgehead atoms. The van der Waals surface area contributed by atoms with Crippen LogP contribution in [0.4, 0.5) is 0 Å². The van der Waals surface area contributed by atoms with E-state index in [1.807, 2.05) is 12.1 Å². The minimum absolute atomic E-state index is 0.652. The highest BCUT2D eigenvalue weighted by Crippen LogP contribution is 2.16. The molecule has 2 aromatic heterocycles. The summed E-state index contributed by atoms with van der Waals surface area (Å²) in [7, 11) is 0. The molecule has 0 aliphatic carbocycles. The minimum Gasteiger partial charge on any atom is -0.264 e. The van der Waals surface area contributed by atoms with Crippen molar-refractivity contribution in [1.29, 1.82) is 0 Å². The molecule has 0 aliphatic rings. The molecule has 0 fully saturated rings. The number of pyridine rings is 1. The van der Waals surface area contributed by atoms with E-state index in [1.54, 1.807) is 12.4 Å². The monoisotopic (exact) mass is 191 g/mol. The molecule has 0 spiro atoms. The second kappa shape index (κ2) is 3.57. The van der Waals surface area contributed by atoms with Crippen molar-refractivity contribution in [2.45, 2.75) is 5.16 Å². The topological polar surface area (TPSA) is 54.5 Å². The first-order chi connectivity index (χ1) is 6.40. The predicted octanol–water partition coefficient (Wildman–Crippen LogP) is 1.75. The Morgan fingerprint density at radius 2 is 2.38 bits per heavy atom. The Hall–Kier alpha value is -1.36. The van der Waals surface area contributed by atoms with Crippen LogP contribution in [0, 0.1) is 6.26 Å². The maximum atomic E-state index is 4.19. The fourth-order valence-corrected chi connectivity index (χ4v) is 1.20. The number of H-pyrrole nitrogens is 1. The smallest absolute Gasteiger partial charge is 0.184 e. The Kier molecular flexibility index (Phi) is 2.27. The van der Waals surface area contributed by atoms with Gasteiger partial charge in [0.1, 0.15) is 0 Å². The summed E-state index contributed by atoms with van der Waals surface area (Å²) in [4.78, 5) is 8.17. The molecule has 0 atom stereocenters. The van der Waals surface area contributed by atoms with Crippen LogP contribution in [0.15, 0.2) is 29.7 Å². The third kappa shape index (κ3) is 1.70. The molecule has 0 amide bonds. The Bertz CT molecular complexity index is 384. The SMILES string of the molecule is [CH2]Sc1nc(-c2cccnc2)n[nH]1.